The number of benzene rings is 1. The van der Waals surface area contributed by atoms with E-state index in [1.807, 2.05) is 33.8 Å². The zero-order valence-electron chi connectivity index (χ0n) is 17.6. The molecule has 0 fully saturated rings. The lowest BCUT2D eigenvalue weighted by molar-refractivity contribution is 0.0743. The number of fused-ring (bicyclic) bond motifs is 1. The van der Waals surface area contributed by atoms with Crippen LogP contribution in [0.3, 0.4) is 0 Å². The zero-order chi connectivity index (χ0) is 21.8. The van der Waals surface area contributed by atoms with E-state index in [0.717, 1.165) is 11.4 Å². The first-order valence-electron chi connectivity index (χ1n) is 9.90. The molecule has 1 aromatic carbocycles. The minimum Gasteiger partial charge on any atom is -0.379 e. The predicted octanol–water partition coefficient (Wildman–Crippen LogP) is 4.78. The van der Waals surface area contributed by atoms with Crippen LogP contribution >= 0.6 is 23.4 Å². The number of rotatable bonds is 9. The number of aromatic nitrogens is 3. The Morgan fingerprint density at radius 2 is 2.07 bits per heavy atom. The van der Waals surface area contributed by atoms with Gasteiger partial charge in [-0.1, -0.05) is 23.4 Å². The molecule has 0 aliphatic heterocycles. The SMILES string of the molecule is Cc1cc(C(=O)CSc2nc3cc(Cl)ccc3c(=O)n2CCCOC(C)C)c(C)[nH]1. The Labute approximate surface area is 185 Å². The van der Waals surface area contributed by atoms with Crippen molar-refractivity contribution >= 4 is 40.0 Å². The number of hydrogen-bond donors (Lipinski definition) is 1. The quantitative estimate of drug-likeness (QED) is 0.221. The number of ketones is 1. The molecule has 0 radical (unpaired) electrons. The van der Waals surface area contributed by atoms with E-state index >= 15 is 0 Å². The van der Waals surface area contributed by atoms with E-state index in [0.29, 0.717) is 46.2 Å². The molecule has 0 spiro atoms. The maximum atomic E-state index is 13.1. The van der Waals surface area contributed by atoms with Crippen LogP contribution in [-0.2, 0) is 11.3 Å². The van der Waals surface area contributed by atoms with Crippen molar-refractivity contribution in [1.82, 2.24) is 14.5 Å². The summed E-state index contributed by atoms with van der Waals surface area (Å²) in [4.78, 5) is 33.6. The van der Waals surface area contributed by atoms with Crippen molar-refractivity contribution in [2.45, 2.75) is 51.9 Å². The van der Waals surface area contributed by atoms with Crippen LogP contribution in [-0.4, -0.2) is 38.8 Å². The highest BCUT2D eigenvalue weighted by atomic mass is 35.5. The molecule has 2 heterocycles. The molecule has 0 aliphatic carbocycles. The zero-order valence-corrected chi connectivity index (χ0v) is 19.2. The van der Waals surface area contributed by atoms with Gasteiger partial charge in [0.15, 0.2) is 10.9 Å². The number of H-pyrrole nitrogens is 1. The first-order valence-corrected chi connectivity index (χ1v) is 11.3. The van der Waals surface area contributed by atoms with Crippen molar-refractivity contribution < 1.29 is 9.53 Å². The van der Waals surface area contributed by atoms with Crippen molar-refractivity contribution in [2.24, 2.45) is 0 Å². The number of carbonyl (C=O) groups is 1. The van der Waals surface area contributed by atoms with E-state index < -0.39 is 0 Å². The number of carbonyl (C=O) groups excluding carboxylic acids is 1. The van der Waals surface area contributed by atoms with Crippen LogP contribution in [0.2, 0.25) is 5.02 Å². The van der Waals surface area contributed by atoms with Gasteiger partial charge in [0.05, 0.1) is 22.8 Å². The second-order valence-electron chi connectivity index (χ2n) is 7.49. The molecule has 0 atom stereocenters. The van der Waals surface area contributed by atoms with Crippen LogP contribution in [0.1, 0.15) is 42.0 Å². The molecular weight excluding hydrogens is 422 g/mol. The van der Waals surface area contributed by atoms with Crippen LogP contribution in [0, 0.1) is 13.8 Å². The average Bonchev–Trinajstić information content (AvgIpc) is 3.02. The number of Topliss-reactive ketones (excluding diaryl/α,β-unsaturated/α-hetero) is 1. The highest BCUT2D eigenvalue weighted by Gasteiger charge is 2.16. The summed E-state index contributed by atoms with van der Waals surface area (Å²) in [5.41, 5.74) is 2.86. The third-order valence-electron chi connectivity index (χ3n) is 4.64. The summed E-state index contributed by atoms with van der Waals surface area (Å²) in [6.07, 6.45) is 0.814. The highest BCUT2D eigenvalue weighted by molar-refractivity contribution is 7.99. The van der Waals surface area contributed by atoms with Crippen LogP contribution in [0.15, 0.2) is 34.2 Å². The van der Waals surface area contributed by atoms with Gasteiger partial charge in [-0.15, -0.1) is 0 Å². The number of aromatic amines is 1. The average molecular weight is 448 g/mol. The van der Waals surface area contributed by atoms with Gasteiger partial charge in [0.2, 0.25) is 0 Å². The molecule has 0 saturated carbocycles. The summed E-state index contributed by atoms with van der Waals surface area (Å²) < 4.78 is 7.23. The molecule has 2 aromatic heterocycles. The minimum absolute atomic E-state index is 0.00280. The lowest BCUT2D eigenvalue weighted by atomic mass is 10.2. The van der Waals surface area contributed by atoms with Crippen LogP contribution in [0.5, 0.6) is 0 Å². The van der Waals surface area contributed by atoms with Gasteiger partial charge in [-0.25, -0.2) is 4.98 Å². The van der Waals surface area contributed by atoms with E-state index in [1.54, 1.807) is 22.8 Å². The van der Waals surface area contributed by atoms with E-state index in [2.05, 4.69) is 9.97 Å². The maximum Gasteiger partial charge on any atom is 0.262 e. The van der Waals surface area contributed by atoms with Gasteiger partial charge in [-0.3, -0.25) is 14.2 Å². The van der Waals surface area contributed by atoms with Crippen molar-refractivity contribution in [1.29, 1.82) is 0 Å². The lowest BCUT2D eigenvalue weighted by Crippen LogP contribution is -2.24. The number of halogens is 1. The summed E-state index contributed by atoms with van der Waals surface area (Å²) in [6, 6.07) is 6.91. The summed E-state index contributed by atoms with van der Waals surface area (Å²) in [6.45, 7) is 8.77. The molecule has 0 unspecified atom stereocenters. The fourth-order valence-corrected chi connectivity index (χ4v) is 4.32. The Balaban J connectivity index is 1.88. The molecule has 6 nitrogen and oxygen atoms in total. The van der Waals surface area contributed by atoms with Crippen molar-refractivity contribution in [3.63, 3.8) is 0 Å². The van der Waals surface area contributed by atoms with E-state index in [-0.39, 0.29) is 23.2 Å². The Bertz CT molecular complexity index is 1120. The Morgan fingerprint density at radius 1 is 1.30 bits per heavy atom. The Kier molecular flexibility index (Phi) is 7.39. The van der Waals surface area contributed by atoms with Gasteiger partial charge in [0.25, 0.3) is 5.56 Å². The van der Waals surface area contributed by atoms with Crippen molar-refractivity contribution in [2.75, 3.05) is 12.4 Å². The second-order valence-corrected chi connectivity index (χ2v) is 8.87. The molecule has 3 rings (SSSR count). The lowest BCUT2D eigenvalue weighted by Gasteiger charge is -2.14. The summed E-state index contributed by atoms with van der Waals surface area (Å²) in [5, 5.41) is 1.54. The fourth-order valence-electron chi connectivity index (χ4n) is 3.24. The topological polar surface area (TPSA) is 77.0 Å². The molecule has 0 aliphatic rings. The van der Waals surface area contributed by atoms with Gasteiger partial charge in [-0.05, 0) is 58.4 Å². The molecule has 0 bridgehead atoms. The summed E-state index contributed by atoms with van der Waals surface area (Å²) >= 11 is 7.36. The molecule has 0 amide bonds. The summed E-state index contributed by atoms with van der Waals surface area (Å²) in [5.74, 6) is 0.191. The molecule has 3 aromatic rings. The monoisotopic (exact) mass is 447 g/mol. The molecule has 30 heavy (non-hydrogen) atoms. The predicted molar refractivity (Wildman–Crippen MR) is 122 cm³/mol. The van der Waals surface area contributed by atoms with Crippen LogP contribution in [0.4, 0.5) is 0 Å². The molecular formula is C22H26ClN3O3S. The summed E-state index contributed by atoms with van der Waals surface area (Å²) in [7, 11) is 0. The van der Waals surface area contributed by atoms with Gasteiger partial charge < -0.3 is 9.72 Å². The Morgan fingerprint density at radius 3 is 2.73 bits per heavy atom. The number of ether oxygens (including phenoxy) is 1. The number of thioether (sulfide) groups is 1. The maximum absolute atomic E-state index is 13.1. The van der Waals surface area contributed by atoms with Crippen molar-refractivity contribution in [3.05, 3.63) is 56.6 Å². The second kappa shape index (κ2) is 9.81. The van der Waals surface area contributed by atoms with E-state index in [1.165, 1.54) is 11.8 Å². The fraction of sp³-hybridized carbons (Fsp3) is 0.409. The van der Waals surface area contributed by atoms with E-state index in [9.17, 15) is 9.59 Å². The van der Waals surface area contributed by atoms with Crippen LogP contribution < -0.4 is 5.56 Å². The first-order chi connectivity index (χ1) is 14.3. The highest BCUT2D eigenvalue weighted by Crippen LogP contribution is 2.22. The van der Waals surface area contributed by atoms with Gasteiger partial charge in [0, 0.05) is 35.1 Å². The Hall–Kier alpha value is -2.09. The first kappa shape index (κ1) is 22.6. The normalized spacial score (nSPS) is 11.5. The smallest absolute Gasteiger partial charge is 0.262 e. The van der Waals surface area contributed by atoms with Crippen LogP contribution in [0.25, 0.3) is 10.9 Å². The third kappa shape index (κ3) is 5.33. The third-order valence-corrected chi connectivity index (χ3v) is 5.85. The number of nitrogens with zero attached hydrogens (tertiary/aromatic N) is 2. The van der Waals surface area contributed by atoms with Gasteiger partial charge in [-0.2, -0.15) is 0 Å². The number of nitrogens with one attached hydrogen (secondary N) is 1. The number of aryl methyl sites for hydroxylation is 2. The standard InChI is InChI=1S/C22H26ClN3O3S/c1-13(2)29-9-5-8-26-21(28)17-7-6-16(23)11-19(17)25-22(26)30-12-20(27)18-10-14(3)24-15(18)4/h6-7,10-11,13,24H,5,8-9,12H2,1-4H3. The molecule has 8 heteroatoms. The van der Waals surface area contributed by atoms with Gasteiger partial charge >= 0.3 is 0 Å². The van der Waals surface area contributed by atoms with Crippen molar-refractivity contribution in [3.8, 4) is 0 Å². The minimum atomic E-state index is -0.134. The molecule has 0 saturated heterocycles. The van der Waals surface area contributed by atoms with Gasteiger partial charge in [0.1, 0.15) is 0 Å². The van der Waals surface area contributed by atoms with E-state index in [4.69, 9.17) is 16.3 Å². The largest absolute Gasteiger partial charge is 0.379 e. The number of hydrogen-bond acceptors (Lipinski definition) is 5. The molecule has 160 valence electrons. The molecule has 1 N–H and O–H groups in total.